The van der Waals surface area contributed by atoms with Gasteiger partial charge in [0.2, 0.25) is 0 Å². The highest BCUT2D eigenvalue weighted by molar-refractivity contribution is 5.94. The van der Waals surface area contributed by atoms with E-state index in [1.807, 2.05) is 0 Å². The normalized spacial score (nSPS) is 18.0. The van der Waals surface area contributed by atoms with Crippen LogP contribution in [0.1, 0.15) is 16.1 Å². The second-order valence-electron chi connectivity index (χ2n) is 5.64. The average Bonchev–Trinajstić information content (AvgIpc) is 3.12. The van der Waals surface area contributed by atoms with Gasteiger partial charge in [-0.05, 0) is 30.3 Å². The summed E-state index contributed by atoms with van der Waals surface area (Å²) in [6, 6.07) is 6.71. The summed E-state index contributed by atoms with van der Waals surface area (Å²) in [7, 11) is 0. The molecular weight excluding hydrogens is 355 g/mol. The van der Waals surface area contributed by atoms with E-state index in [9.17, 15) is 22.8 Å². The Balaban J connectivity index is 1.74. The van der Waals surface area contributed by atoms with Crippen molar-refractivity contribution in [3.8, 4) is 5.69 Å². The molecule has 1 aromatic heterocycles. The van der Waals surface area contributed by atoms with Gasteiger partial charge < -0.3 is 14.7 Å². The Labute approximate surface area is 145 Å². The molecule has 1 N–H and O–H groups in total. The molecule has 0 radical (unpaired) electrons. The van der Waals surface area contributed by atoms with Crippen molar-refractivity contribution in [2.75, 3.05) is 19.7 Å². The molecule has 1 atom stereocenters. The predicted molar refractivity (Wildman–Crippen MR) is 81.8 cm³/mol. The van der Waals surface area contributed by atoms with E-state index in [2.05, 4.69) is 5.10 Å². The number of morpholine rings is 1. The number of amides is 1. The first-order chi connectivity index (χ1) is 12.3. The molecule has 1 aromatic carbocycles. The Morgan fingerprint density at radius 1 is 1.19 bits per heavy atom. The maximum atomic E-state index is 12.6. The lowest BCUT2D eigenvalue weighted by molar-refractivity contribution is -0.154. The predicted octanol–water partition coefficient (Wildman–Crippen LogP) is 1.82. The number of carbonyl (C=O) groups is 2. The smallest absolute Gasteiger partial charge is 0.435 e. The molecule has 1 unspecified atom stereocenters. The van der Waals surface area contributed by atoms with Gasteiger partial charge in [0, 0.05) is 18.3 Å². The van der Waals surface area contributed by atoms with Crippen LogP contribution in [0.25, 0.3) is 5.69 Å². The van der Waals surface area contributed by atoms with Crippen LogP contribution >= 0.6 is 0 Å². The van der Waals surface area contributed by atoms with Crippen LogP contribution in [0, 0.1) is 0 Å². The highest BCUT2D eigenvalue weighted by Crippen LogP contribution is 2.27. The molecule has 1 amide bonds. The minimum Gasteiger partial charge on any atom is -0.479 e. The second-order valence-corrected chi connectivity index (χ2v) is 5.64. The standard InChI is InChI=1S/C16H14F3N3O4/c17-16(18,19)13-5-6-22(20-13)11-3-1-10(2-4-11)14(23)21-7-8-26-12(9-21)15(24)25/h1-6,12H,7-9H2,(H,24,25). The largest absolute Gasteiger partial charge is 0.479 e. The maximum absolute atomic E-state index is 12.6. The summed E-state index contributed by atoms with van der Waals surface area (Å²) in [5.41, 5.74) is -0.351. The number of alkyl halides is 3. The molecule has 7 nitrogen and oxygen atoms in total. The number of hydrogen-bond donors (Lipinski definition) is 1. The van der Waals surface area contributed by atoms with E-state index in [0.29, 0.717) is 11.3 Å². The molecule has 0 aliphatic carbocycles. The first-order valence-electron chi connectivity index (χ1n) is 7.62. The van der Waals surface area contributed by atoms with E-state index in [4.69, 9.17) is 9.84 Å². The minimum atomic E-state index is -4.53. The number of rotatable bonds is 3. The van der Waals surface area contributed by atoms with Gasteiger partial charge >= 0.3 is 12.1 Å². The summed E-state index contributed by atoms with van der Waals surface area (Å²) >= 11 is 0. The first kappa shape index (κ1) is 17.9. The highest BCUT2D eigenvalue weighted by Gasteiger charge is 2.33. The number of hydrogen-bond acceptors (Lipinski definition) is 4. The second kappa shape index (κ2) is 6.79. The Kier molecular flexibility index (Phi) is 4.68. The van der Waals surface area contributed by atoms with E-state index >= 15 is 0 Å². The van der Waals surface area contributed by atoms with Gasteiger partial charge in [0.05, 0.1) is 18.8 Å². The first-order valence-corrected chi connectivity index (χ1v) is 7.62. The van der Waals surface area contributed by atoms with Gasteiger partial charge in [0.15, 0.2) is 11.8 Å². The summed E-state index contributed by atoms with van der Waals surface area (Å²) in [6.07, 6.45) is -4.42. The third kappa shape index (κ3) is 3.69. The number of benzene rings is 1. The highest BCUT2D eigenvalue weighted by atomic mass is 19.4. The van der Waals surface area contributed by atoms with Crippen LogP contribution in [0.5, 0.6) is 0 Å². The summed E-state index contributed by atoms with van der Waals surface area (Å²) in [5.74, 6) is -1.51. The molecule has 10 heteroatoms. The number of ether oxygens (including phenoxy) is 1. The zero-order chi connectivity index (χ0) is 18.9. The molecule has 138 valence electrons. The van der Waals surface area contributed by atoms with Crippen molar-refractivity contribution >= 4 is 11.9 Å². The van der Waals surface area contributed by atoms with Gasteiger partial charge in [0.25, 0.3) is 5.91 Å². The summed E-state index contributed by atoms with van der Waals surface area (Å²) in [5, 5.41) is 12.4. The molecule has 0 saturated carbocycles. The number of carboxylic acids is 1. The number of halogens is 3. The van der Waals surface area contributed by atoms with Gasteiger partial charge in [0.1, 0.15) is 0 Å². The van der Waals surface area contributed by atoms with Crippen LogP contribution in [0.15, 0.2) is 36.5 Å². The lowest BCUT2D eigenvalue weighted by Crippen LogP contribution is -2.48. The van der Waals surface area contributed by atoms with Crippen molar-refractivity contribution in [2.45, 2.75) is 12.3 Å². The molecule has 0 spiro atoms. The molecule has 1 saturated heterocycles. The minimum absolute atomic E-state index is 0.0655. The van der Waals surface area contributed by atoms with Gasteiger partial charge in [-0.1, -0.05) is 0 Å². The van der Waals surface area contributed by atoms with Crippen LogP contribution in [0.2, 0.25) is 0 Å². The molecule has 1 aliphatic rings. The molecule has 2 aromatic rings. The molecule has 26 heavy (non-hydrogen) atoms. The lowest BCUT2D eigenvalue weighted by atomic mass is 10.1. The Morgan fingerprint density at radius 3 is 2.46 bits per heavy atom. The van der Waals surface area contributed by atoms with Crippen molar-refractivity contribution in [1.82, 2.24) is 14.7 Å². The van der Waals surface area contributed by atoms with Crippen molar-refractivity contribution < 1.29 is 32.6 Å². The third-order valence-electron chi connectivity index (χ3n) is 3.89. The summed E-state index contributed by atoms with van der Waals surface area (Å²) < 4.78 is 43.9. The van der Waals surface area contributed by atoms with E-state index < -0.39 is 23.9 Å². The van der Waals surface area contributed by atoms with Crippen LogP contribution < -0.4 is 0 Å². The molecule has 3 rings (SSSR count). The summed E-state index contributed by atoms with van der Waals surface area (Å²) in [6.45, 7) is 0.316. The SMILES string of the molecule is O=C(O)C1CN(C(=O)c2ccc(-n3ccc(C(F)(F)F)n3)cc2)CCO1. The fourth-order valence-corrected chi connectivity index (χ4v) is 2.54. The van der Waals surface area contributed by atoms with Crippen molar-refractivity contribution in [1.29, 1.82) is 0 Å². The van der Waals surface area contributed by atoms with E-state index in [1.165, 1.54) is 35.4 Å². The zero-order valence-corrected chi connectivity index (χ0v) is 13.3. The van der Waals surface area contributed by atoms with E-state index in [0.717, 1.165) is 10.7 Å². The molecule has 2 heterocycles. The van der Waals surface area contributed by atoms with Crippen molar-refractivity contribution in [3.63, 3.8) is 0 Å². The number of aromatic nitrogens is 2. The molecular formula is C16H14F3N3O4. The Bertz CT molecular complexity index is 817. The molecule has 1 fully saturated rings. The van der Waals surface area contributed by atoms with Gasteiger partial charge in [-0.2, -0.15) is 18.3 Å². The van der Waals surface area contributed by atoms with Crippen LogP contribution in [0.3, 0.4) is 0 Å². The number of carboxylic acid groups (broad SMARTS) is 1. The fourth-order valence-electron chi connectivity index (χ4n) is 2.54. The number of carbonyl (C=O) groups excluding carboxylic acids is 1. The van der Waals surface area contributed by atoms with Gasteiger partial charge in [-0.25, -0.2) is 9.48 Å². The zero-order valence-electron chi connectivity index (χ0n) is 13.3. The topological polar surface area (TPSA) is 84.7 Å². The van der Waals surface area contributed by atoms with Gasteiger partial charge in [-0.15, -0.1) is 0 Å². The average molecular weight is 369 g/mol. The Hall–Kier alpha value is -2.88. The van der Waals surface area contributed by atoms with E-state index in [-0.39, 0.29) is 25.6 Å². The van der Waals surface area contributed by atoms with Crippen molar-refractivity contribution in [3.05, 3.63) is 47.8 Å². The molecule has 1 aliphatic heterocycles. The maximum Gasteiger partial charge on any atom is 0.435 e. The third-order valence-corrected chi connectivity index (χ3v) is 3.89. The lowest BCUT2D eigenvalue weighted by Gasteiger charge is -2.30. The monoisotopic (exact) mass is 369 g/mol. The Morgan fingerprint density at radius 2 is 1.88 bits per heavy atom. The van der Waals surface area contributed by atoms with Crippen LogP contribution in [-0.2, 0) is 15.7 Å². The number of aliphatic carboxylic acids is 1. The quantitative estimate of drug-likeness (QED) is 0.892. The molecule has 0 bridgehead atoms. The van der Waals surface area contributed by atoms with Crippen LogP contribution in [-0.4, -0.2) is 57.5 Å². The van der Waals surface area contributed by atoms with Crippen molar-refractivity contribution in [2.24, 2.45) is 0 Å². The van der Waals surface area contributed by atoms with E-state index in [1.54, 1.807) is 0 Å². The number of nitrogens with zero attached hydrogens (tertiary/aromatic N) is 3. The summed E-state index contributed by atoms with van der Waals surface area (Å²) in [4.78, 5) is 24.8. The van der Waals surface area contributed by atoms with Crippen LogP contribution in [0.4, 0.5) is 13.2 Å². The van der Waals surface area contributed by atoms with Gasteiger partial charge in [-0.3, -0.25) is 4.79 Å². The fraction of sp³-hybridized carbons (Fsp3) is 0.312.